The van der Waals surface area contributed by atoms with Crippen LogP contribution in [0.4, 0.5) is 0 Å². The van der Waals surface area contributed by atoms with Gasteiger partial charge in [0.15, 0.2) is 0 Å². The Bertz CT molecular complexity index is 408. The maximum absolute atomic E-state index is 12.4. The van der Waals surface area contributed by atoms with Gasteiger partial charge in [-0.15, -0.1) is 0 Å². The zero-order valence-electron chi connectivity index (χ0n) is 14.4. The lowest BCUT2D eigenvalue weighted by Gasteiger charge is -2.29. The molecule has 1 amide bonds. The highest BCUT2D eigenvalue weighted by atomic mass is 16.6. The molecular formula is C16H29NO5. The van der Waals surface area contributed by atoms with Crippen LogP contribution in [0.25, 0.3) is 0 Å². The van der Waals surface area contributed by atoms with Gasteiger partial charge in [0.2, 0.25) is 5.91 Å². The number of ether oxygens (including phenoxy) is 2. The molecule has 6 nitrogen and oxygen atoms in total. The molecule has 0 aromatic carbocycles. The van der Waals surface area contributed by atoms with E-state index in [0.29, 0.717) is 0 Å². The van der Waals surface area contributed by atoms with Gasteiger partial charge in [-0.25, -0.2) is 4.79 Å². The van der Waals surface area contributed by atoms with Crippen molar-refractivity contribution >= 4 is 11.9 Å². The number of carbonyl (C=O) groups is 2. The molecule has 1 saturated heterocycles. The molecule has 1 aliphatic rings. The van der Waals surface area contributed by atoms with Crippen molar-refractivity contribution in [1.29, 1.82) is 0 Å². The SMILES string of the molecule is CC(C)(C)CC(=O)N[C@H](C(=O)OC(C)(C)C)[C@H]1COC[C@@H]1O. The van der Waals surface area contributed by atoms with Crippen molar-refractivity contribution in [2.45, 2.75) is 65.7 Å². The van der Waals surface area contributed by atoms with E-state index >= 15 is 0 Å². The molecule has 1 heterocycles. The molecule has 22 heavy (non-hydrogen) atoms. The smallest absolute Gasteiger partial charge is 0.329 e. The van der Waals surface area contributed by atoms with E-state index in [1.807, 2.05) is 20.8 Å². The number of amides is 1. The average Bonchev–Trinajstić information content (AvgIpc) is 2.67. The highest BCUT2D eigenvalue weighted by molar-refractivity contribution is 5.85. The maximum Gasteiger partial charge on any atom is 0.329 e. The standard InChI is InChI=1S/C16H29NO5/c1-15(2,3)7-12(19)17-13(10-8-21-9-11(10)18)14(20)22-16(4,5)6/h10-11,13,18H,7-9H2,1-6H3,(H,17,19)/t10-,11-,13-/m0/s1. The summed E-state index contributed by atoms with van der Waals surface area (Å²) in [5.41, 5.74) is -0.845. The van der Waals surface area contributed by atoms with Gasteiger partial charge in [-0.3, -0.25) is 4.79 Å². The fourth-order valence-electron chi connectivity index (χ4n) is 2.29. The molecule has 6 heteroatoms. The molecule has 1 fully saturated rings. The van der Waals surface area contributed by atoms with Crippen molar-refractivity contribution in [3.05, 3.63) is 0 Å². The van der Waals surface area contributed by atoms with Crippen LogP contribution < -0.4 is 5.32 Å². The Kier molecular flexibility index (Phi) is 5.98. The molecule has 0 saturated carbocycles. The predicted molar refractivity (Wildman–Crippen MR) is 82.2 cm³/mol. The van der Waals surface area contributed by atoms with Crippen LogP contribution in [0.1, 0.15) is 48.0 Å². The van der Waals surface area contributed by atoms with Gasteiger partial charge in [0.25, 0.3) is 0 Å². The number of rotatable bonds is 4. The first kappa shape index (κ1) is 18.9. The number of aliphatic hydroxyl groups excluding tert-OH is 1. The van der Waals surface area contributed by atoms with Crippen LogP contribution in [-0.2, 0) is 19.1 Å². The zero-order chi connectivity index (χ0) is 17.1. The van der Waals surface area contributed by atoms with Crippen LogP contribution in [0.15, 0.2) is 0 Å². The Morgan fingerprint density at radius 3 is 2.23 bits per heavy atom. The Morgan fingerprint density at radius 1 is 1.23 bits per heavy atom. The van der Waals surface area contributed by atoms with E-state index in [2.05, 4.69) is 5.32 Å². The summed E-state index contributed by atoms with van der Waals surface area (Å²) < 4.78 is 10.6. The van der Waals surface area contributed by atoms with Crippen LogP contribution in [0.2, 0.25) is 0 Å². The first-order chi connectivity index (χ1) is 9.89. The second-order valence-corrected chi connectivity index (χ2v) is 8.08. The lowest BCUT2D eigenvalue weighted by atomic mass is 9.90. The number of carbonyl (C=O) groups excluding carboxylic acids is 2. The molecule has 1 rings (SSSR count). The normalized spacial score (nSPS) is 24.0. The monoisotopic (exact) mass is 315 g/mol. The molecule has 0 radical (unpaired) electrons. The van der Waals surface area contributed by atoms with E-state index in [9.17, 15) is 14.7 Å². The third-order valence-electron chi connectivity index (χ3n) is 3.19. The fraction of sp³-hybridized carbons (Fsp3) is 0.875. The van der Waals surface area contributed by atoms with E-state index in [1.54, 1.807) is 20.8 Å². The van der Waals surface area contributed by atoms with E-state index in [4.69, 9.17) is 9.47 Å². The summed E-state index contributed by atoms with van der Waals surface area (Å²) >= 11 is 0. The molecule has 0 aliphatic carbocycles. The molecule has 0 unspecified atom stereocenters. The third kappa shape index (κ3) is 6.32. The fourth-order valence-corrected chi connectivity index (χ4v) is 2.29. The number of aliphatic hydroxyl groups is 1. The van der Waals surface area contributed by atoms with Crippen LogP contribution in [0, 0.1) is 11.3 Å². The van der Waals surface area contributed by atoms with Gasteiger partial charge in [-0.05, 0) is 26.2 Å². The Labute approximate surface area is 132 Å². The van der Waals surface area contributed by atoms with Crippen molar-refractivity contribution in [1.82, 2.24) is 5.32 Å². The third-order valence-corrected chi connectivity index (χ3v) is 3.19. The van der Waals surface area contributed by atoms with Crippen molar-refractivity contribution in [2.75, 3.05) is 13.2 Å². The van der Waals surface area contributed by atoms with Crippen LogP contribution in [-0.4, -0.2) is 47.9 Å². The van der Waals surface area contributed by atoms with Gasteiger partial charge in [-0.2, -0.15) is 0 Å². The van der Waals surface area contributed by atoms with Crippen LogP contribution >= 0.6 is 0 Å². The van der Waals surface area contributed by atoms with Crippen LogP contribution in [0.3, 0.4) is 0 Å². The second-order valence-electron chi connectivity index (χ2n) is 8.08. The molecule has 1 aliphatic heterocycles. The van der Waals surface area contributed by atoms with E-state index in [0.717, 1.165) is 0 Å². The van der Waals surface area contributed by atoms with Gasteiger partial charge in [0, 0.05) is 12.3 Å². The Balaban J connectivity index is 2.82. The van der Waals surface area contributed by atoms with Crippen LogP contribution in [0.5, 0.6) is 0 Å². The first-order valence-electron chi connectivity index (χ1n) is 7.67. The first-order valence-corrected chi connectivity index (χ1v) is 7.67. The van der Waals surface area contributed by atoms with Crippen molar-refractivity contribution in [3.63, 3.8) is 0 Å². The van der Waals surface area contributed by atoms with Crippen molar-refractivity contribution < 1.29 is 24.2 Å². The number of hydrogen-bond donors (Lipinski definition) is 2. The zero-order valence-corrected chi connectivity index (χ0v) is 14.4. The number of nitrogens with one attached hydrogen (secondary N) is 1. The number of esters is 1. The summed E-state index contributed by atoms with van der Waals surface area (Å²) in [4.78, 5) is 24.6. The molecule has 0 aromatic heterocycles. The average molecular weight is 315 g/mol. The highest BCUT2D eigenvalue weighted by Gasteiger charge is 2.41. The van der Waals surface area contributed by atoms with Crippen molar-refractivity contribution in [2.24, 2.45) is 11.3 Å². The highest BCUT2D eigenvalue weighted by Crippen LogP contribution is 2.23. The molecule has 3 atom stereocenters. The maximum atomic E-state index is 12.4. The Morgan fingerprint density at radius 2 is 1.82 bits per heavy atom. The lowest BCUT2D eigenvalue weighted by Crippen LogP contribution is -2.52. The predicted octanol–water partition coefficient (Wildman–Crippen LogP) is 1.26. The minimum absolute atomic E-state index is 0.166. The topological polar surface area (TPSA) is 84.9 Å². The Hall–Kier alpha value is -1.14. The summed E-state index contributed by atoms with van der Waals surface area (Å²) in [6.07, 6.45) is -0.497. The molecule has 0 aromatic rings. The minimum atomic E-state index is -0.897. The van der Waals surface area contributed by atoms with E-state index in [1.165, 1.54) is 0 Å². The summed E-state index contributed by atoms with van der Waals surface area (Å²) in [5.74, 6) is -1.26. The molecule has 128 valence electrons. The summed E-state index contributed by atoms with van der Waals surface area (Å²) in [7, 11) is 0. The number of hydrogen-bond acceptors (Lipinski definition) is 5. The summed E-state index contributed by atoms with van der Waals surface area (Å²) in [6.45, 7) is 11.5. The lowest BCUT2D eigenvalue weighted by molar-refractivity contribution is -0.161. The largest absolute Gasteiger partial charge is 0.458 e. The van der Waals surface area contributed by atoms with Gasteiger partial charge in [-0.1, -0.05) is 20.8 Å². The summed E-state index contributed by atoms with van der Waals surface area (Å²) in [5, 5.41) is 12.7. The molecule has 0 spiro atoms. The summed E-state index contributed by atoms with van der Waals surface area (Å²) in [6, 6.07) is -0.897. The van der Waals surface area contributed by atoms with Crippen molar-refractivity contribution in [3.8, 4) is 0 Å². The van der Waals surface area contributed by atoms with Gasteiger partial charge in [0.05, 0.1) is 19.3 Å². The van der Waals surface area contributed by atoms with Gasteiger partial charge >= 0.3 is 5.97 Å². The molecular weight excluding hydrogens is 286 g/mol. The second kappa shape index (κ2) is 6.96. The van der Waals surface area contributed by atoms with Gasteiger partial charge < -0.3 is 19.9 Å². The van der Waals surface area contributed by atoms with E-state index in [-0.39, 0.29) is 31.0 Å². The quantitative estimate of drug-likeness (QED) is 0.763. The molecule has 0 bridgehead atoms. The molecule has 2 N–H and O–H groups in total. The van der Waals surface area contributed by atoms with Gasteiger partial charge in [0.1, 0.15) is 11.6 Å². The van der Waals surface area contributed by atoms with E-state index < -0.39 is 29.6 Å². The minimum Gasteiger partial charge on any atom is -0.458 e.